The predicted octanol–water partition coefficient (Wildman–Crippen LogP) is 3.17. The molecular formula is C19H31N3O. The molecule has 1 fully saturated rings. The zero-order chi connectivity index (χ0) is 17.0. The van der Waals surface area contributed by atoms with Gasteiger partial charge in [-0.2, -0.15) is 0 Å². The highest BCUT2D eigenvalue weighted by atomic mass is 16.2. The van der Waals surface area contributed by atoms with E-state index in [4.69, 9.17) is 0 Å². The number of carbonyl (C=O) groups is 1. The highest BCUT2D eigenvalue weighted by molar-refractivity contribution is 5.88. The van der Waals surface area contributed by atoms with Crippen LogP contribution < -0.4 is 10.6 Å². The summed E-state index contributed by atoms with van der Waals surface area (Å²) in [6, 6.07) is 9.14. The van der Waals surface area contributed by atoms with Crippen LogP contribution in [0.5, 0.6) is 0 Å². The van der Waals surface area contributed by atoms with Crippen LogP contribution in [-0.4, -0.2) is 41.5 Å². The summed E-state index contributed by atoms with van der Waals surface area (Å²) in [4.78, 5) is 15.1. The molecule has 1 unspecified atom stereocenters. The van der Waals surface area contributed by atoms with Gasteiger partial charge in [0.2, 0.25) is 5.91 Å². The molecule has 1 aromatic carbocycles. The van der Waals surface area contributed by atoms with Gasteiger partial charge in [0.05, 0.1) is 0 Å². The van der Waals surface area contributed by atoms with Crippen molar-refractivity contribution in [1.29, 1.82) is 0 Å². The molecule has 0 bridgehead atoms. The Kier molecular flexibility index (Phi) is 5.69. The summed E-state index contributed by atoms with van der Waals surface area (Å²) in [5.41, 5.74) is 1.56. The lowest BCUT2D eigenvalue weighted by atomic mass is 10.0. The van der Waals surface area contributed by atoms with Crippen molar-refractivity contribution in [3.8, 4) is 0 Å². The maximum atomic E-state index is 12.6. The molecule has 1 aliphatic rings. The van der Waals surface area contributed by atoms with Crippen molar-refractivity contribution in [3.63, 3.8) is 0 Å². The van der Waals surface area contributed by atoms with Gasteiger partial charge in [-0.3, -0.25) is 9.69 Å². The molecule has 1 aliphatic heterocycles. The number of rotatable bonds is 6. The lowest BCUT2D eigenvalue weighted by molar-refractivity contribution is -0.124. The molecule has 0 aliphatic carbocycles. The van der Waals surface area contributed by atoms with E-state index in [2.05, 4.69) is 48.4 Å². The minimum atomic E-state index is -0.628. The molecule has 4 nitrogen and oxygen atoms in total. The number of nitrogens with zero attached hydrogens (tertiary/aromatic N) is 1. The Bertz CT molecular complexity index is 522. The lowest BCUT2D eigenvalue weighted by Gasteiger charge is -2.31. The summed E-state index contributed by atoms with van der Waals surface area (Å²) in [5, 5.41) is 6.47. The van der Waals surface area contributed by atoms with E-state index in [1.807, 2.05) is 26.0 Å². The highest BCUT2D eigenvalue weighted by Crippen LogP contribution is 2.20. The third kappa shape index (κ3) is 4.71. The topological polar surface area (TPSA) is 44.4 Å². The Morgan fingerprint density at radius 2 is 1.96 bits per heavy atom. The zero-order valence-electron chi connectivity index (χ0n) is 15.1. The molecule has 0 radical (unpaired) electrons. The second-order valence-electron chi connectivity index (χ2n) is 7.45. The van der Waals surface area contributed by atoms with Crippen LogP contribution >= 0.6 is 0 Å². The van der Waals surface area contributed by atoms with Gasteiger partial charge in [0.15, 0.2) is 0 Å². The van der Waals surface area contributed by atoms with Crippen LogP contribution in [0.15, 0.2) is 24.3 Å². The smallest absolute Gasteiger partial charge is 0.245 e. The number of hydrogen-bond donors (Lipinski definition) is 2. The van der Waals surface area contributed by atoms with E-state index in [0.29, 0.717) is 12.1 Å². The third-order valence-electron chi connectivity index (χ3n) is 4.66. The summed E-state index contributed by atoms with van der Waals surface area (Å²) in [6.07, 6.45) is 2.40. The first-order valence-electron chi connectivity index (χ1n) is 8.68. The van der Waals surface area contributed by atoms with Gasteiger partial charge in [-0.05, 0) is 66.1 Å². The van der Waals surface area contributed by atoms with Crippen LogP contribution in [0.3, 0.4) is 0 Å². The molecule has 1 atom stereocenters. The van der Waals surface area contributed by atoms with Gasteiger partial charge < -0.3 is 10.6 Å². The standard InChI is InChI=1S/C19H31N3O/c1-14(2)22-12-6-7-17(22)13-20-18(23)19(4,5)21-16-10-8-15(3)9-11-16/h8-11,14,17,21H,6-7,12-13H2,1-5H3,(H,20,23). The fourth-order valence-electron chi connectivity index (χ4n) is 3.24. The first-order valence-corrected chi connectivity index (χ1v) is 8.68. The Hall–Kier alpha value is -1.55. The van der Waals surface area contributed by atoms with Crippen LogP contribution in [0, 0.1) is 6.92 Å². The van der Waals surface area contributed by atoms with E-state index in [0.717, 1.165) is 18.8 Å². The summed E-state index contributed by atoms with van der Waals surface area (Å²) >= 11 is 0. The Morgan fingerprint density at radius 3 is 2.57 bits per heavy atom. The Labute approximate surface area is 140 Å². The average Bonchev–Trinajstić information content (AvgIpc) is 2.95. The second kappa shape index (κ2) is 7.35. The van der Waals surface area contributed by atoms with Crippen LogP contribution in [0.1, 0.15) is 46.1 Å². The molecule has 4 heteroatoms. The van der Waals surface area contributed by atoms with Crippen LogP contribution in [0.25, 0.3) is 0 Å². The Balaban J connectivity index is 1.89. The fraction of sp³-hybridized carbons (Fsp3) is 0.632. The second-order valence-corrected chi connectivity index (χ2v) is 7.45. The maximum Gasteiger partial charge on any atom is 0.245 e. The van der Waals surface area contributed by atoms with Crippen LogP contribution in [-0.2, 0) is 4.79 Å². The third-order valence-corrected chi connectivity index (χ3v) is 4.66. The van der Waals surface area contributed by atoms with Crippen molar-refractivity contribution in [3.05, 3.63) is 29.8 Å². The van der Waals surface area contributed by atoms with Gasteiger partial charge in [0.1, 0.15) is 5.54 Å². The van der Waals surface area contributed by atoms with E-state index in [1.54, 1.807) is 0 Å². The minimum absolute atomic E-state index is 0.0497. The molecule has 2 N–H and O–H groups in total. The van der Waals surface area contributed by atoms with Gasteiger partial charge in [-0.25, -0.2) is 0 Å². The van der Waals surface area contributed by atoms with Crippen LogP contribution in [0.4, 0.5) is 5.69 Å². The molecule has 0 aromatic heterocycles. The number of hydrogen-bond acceptors (Lipinski definition) is 3. The SMILES string of the molecule is Cc1ccc(NC(C)(C)C(=O)NCC2CCCN2C(C)C)cc1. The number of anilines is 1. The number of likely N-dealkylation sites (tertiary alicyclic amines) is 1. The number of nitrogens with one attached hydrogen (secondary N) is 2. The van der Waals surface area contributed by atoms with Crippen molar-refractivity contribution >= 4 is 11.6 Å². The van der Waals surface area contributed by atoms with Crippen molar-refractivity contribution in [2.24, 2.45) is 0 Å². The lowest BCUT2D eigenvalue weighted by Crippen LogP contribution is -2.51. The number of amides is 1. The molecule has 1 amide bonds. The number of benzene rings is 1. The van der Waals surface area contributed by atoms with E-state index < -0.39 is 5.54 Å². The molecule has 1 saturated heterocycles. The zero-order valence-corrected chi connectivity index (χ0v) is 15.1. The molecule has 0 spiro atoms. The molecule has 23 heavy (non-hydrogen) atoms. The van der Waals surface area contributed by atoms with E-state index in [1.165, 1.54) is 18.4 Å². The average molecular weight is 317 g/mol. The summed E-state index contributed by atoms with van der Waals surface area (Å²) < 4.78 is 0. The van der Waals surface area contributed by atoms with Crippen molar-refractivity contribution < 1.29 is 4.79 Å². The molecular weight excluding hydrogens is 286 g/mol. The van der Waals surface area contributed by atoms with Gasteiger partial charge in [0, 0.05) is 24.3 Å². The predicted molar refractivity (Wildman–Crippen MR) is 96.8 cm³/mol. The van der Waals surface area contributed by atoms with Gasteiger partial charge in [-0.1, -0.05) is 17.7 Å². The molecule has 1 aromatic rings. The van der Waals surface area contributed by atoms with Gasteiger partial charge in [-0.15, -0.1) is 0 Å². The molecule has 0 saturated carbocycles. The highest BCUT2D eigenvalue weighted by Gasteiger charge is 2.30. The van der Waals surface area contributed by atoms with Crippen molar-refractivity contribution in [1.82, 2.24) is 10.2 Å². The summed E-state index contributed by atoms with van der Waals surface area (Å²) in [5.74, 6) is 0.0497. The summed E-state index contributed by atoms with van der Waals surface area (Å²) in [7, 11) is 0. The van der Waals surface area contributed by atoms with E-state index >= 15 is 0 Å². The molecule has 1 heterocycles. The largest absolute Gasteiger partial charge is 0.372 e. The quantitative estimate of drug-likeness (QED) is 0.847. The van der Waals surface area contributed by atoms with Gasteiger partial charge in [0.25, 0.3) is 0 Å². The first-order chi connectivity index (χ1) is 10.8. The first kappa shape index (κ1) is 17.8. The van der Waals surface area contributed by atoms with Gasteiger partial charge >= 0.3 is 0 Å². The number of carbonyl (C=O) groups excluding carboxylic acids is 1. The van der Waals surface area contributed by atoms with Crippen molar-refractivity contribution in [2.45, 2.75) is 65.1 Å². The Morgan fingerprint density at radius 1 is 1.30 bits per heavy atom. The number of aryl methyl sites for hydroxylation is 1. The normalized spacial score (nSPS) is 19.1. The fourth-order valence-corrected chi connectivity index (χ4v) is 3.24. The molecule has 128 valence electrons. The van der Waals surface area contributed by atoms with E-state index in [-0.39, 0.29) is 5.91 Å². The monoisotopic (exact) mass is 317 g/mol. The minimum Gasteiger partial charge on any atom is -0.372 e. The van der Waals surface area contributed by atoms with Crippen molar-refractivity contribution in [2.75, 3.05) is 18.4 Å². The van der Waals surface area contributed by atoms with Crippen LogP contribution in [0.2, 0.25) is 0 Å². The maximum absolute atomic E-state index is 12.6. The van der Waals surface area contributed by atoms with E-state index in [9.17, 15) is 4.79 Å². The summed E-state index contributed by atoms with van der Waals surface area (Å²) in [6.45, 7) is 12.2. The molecule has 2 rings (SSSR count).